The third-order valence-electron chi connectivity index (χ3n) is 5.40. The quantitative estimate of drug-likeness (QED) is 0.433. The number of aromatic nitrogens is 5. The summed E-state index contributed by atoms with van der Waals surface area (Å²) in [5.41, 5.74) is 3.07. The van der Waals surface area contributed by atoms with Crippen molar-refractivity contribution >= 4 is 12.2 Å². The summed E-state index contributed by atoms with van der Waals surface area (Å²) >= 11 is 5.21. The smallest absolute Gasteiger partial charge is 0.214 e. The molecule has 164 valence electrons. The molecule has 1 aliphatic rings. The summed E-state index contributed by atoms with van der Waals surface area (Å²) in [5.74, 6) is -0.140. The predicted molar refractivity (Wildman–Crippen MR) is 120 cm³/mol. The van der Waals surface area contributed by atoms with E-state index in [1.165, 1.54) is 5.56 Å². The van der Waals surface area contributed by atoms with Gasteiger partial charge in [-0.15, -0.1) is 0 Å². The normalized spacial score (nSPS) is 20.5. The van der Waals surface area contributed by atoms with Gasteiger partial charge in [-0.25, -0.2) is 4.98 Å². The molecule has 1 saturated heterocycles. The topological polar surface area (TPSA) is 79.1 Å². The molecule has 32 heavy (non-hydrogen) atoms. The summed E-state index contributed by atoms with van der Waals surface area (Å²) in [6, 6.07) is 15.9. The zero-order valence-corrected chi connectivity index (χ0v) is 18.4. The Morgan fingerprint density at radius 2 is 1.97 bits per heavy atom. The van der Waals surface area contributed by atoms with Crippen molar-refractivity contribution in [1.29, 1.82) is 0 Å². The van der Waals surface area contributed by atoms with Crippen LogP contribution in [0.1, 0.15) is 11.1 Å². The van der Waals surface area contributed by atoms with E-state index >= 15 is 0 Å². The molecule has 2 aromatic heterocycles. The molecule has 1 aliphatic heterocycles. The number of hydrogen-bond donors (Lipinski definition) is 1. The number of ether oxygens (including phenoxy) is 3. The van der Waals surface area contributed by atoms with Gasteiger partial charge in [0.1, 0.15) is 24.8 Å². The van der Waals surface area contributed by atoms with E-state index < -0.39 is 5.79 Å². The van der Waals surface area contributed by atoms with Gasteiger partial charge < -0.3 is 18.8 Å². The van der Waals surface area contributed by atoms with Crippen LogP contribution in [0.5, 0.6) is 5.75 Å². The van der Waals surface area contributed by atoms with Crippen LogP contribution in [0.2, 0.25) is 0 Å². The molecule has 4 aromatic rings. The van der Waals surface area contributed by atoms with Crippen LogP contribution in [0.3, 0.4) is 0 Å². The predicted octanol–water partition coefficient (Wildman–Crippen LogP) is 3.78. The van der Waals surface area contributed by atoms with E-state index in [2.05, 4.69) is 46.4 Å². The maximum Gasteiger partial charge on any atom is 0.214 e. The lowest BCUT2D eigenvalue weighted by Gasteiger charge is -2.29. The number of imidazole rings is 1. The number of rotatable bonds is 7. The number of benzene rings is 2. The first kappa shape index (κ1) is 20.6. The van der Waals surface area contributed by atoms with E-state index in [4.69, 9.17) is 26.4 Å². The lowest BCUT2D eigenvalue weighted by molar-refractivity contribution is -0.189. The molecular weight excluding hydrogens is 426 g/mol. The van der Waals surface area contributed by atoms with Crippen molar-refractivity contribution in [3.63, 3.8) is 0 Å². The zero-order valence-electron chi connectivity index (χ0n) is 17.5. The zero-order chi connectivity index (χ0) is 22.0. The third kappa shape index (κ3) is 4.22. The number of H-pyrrole nitrogens is 1. The molecule has 0 aliphatic carbocycles. The number of nitrogens with one attached hydrogen (secondary N) is 1. The first-order chi connectivity index (χ1) is 15.6. The molecule has 0 bridgehead atoms. The van der Waals surface area contributed by atoms with Crippen molar-refractivity contribution in [2.75, 3.05) is 13.2 Å². The fraction of sp³-hybridized carbons (Fsp3) is 0.261. The monoisotopic (exact) mass is 449 g/mol. The standard InChI is InChI=1S/C23H23N5O3S/c1-17-2-4-18(5-3-17)23(14-27-11-10-24-15-27)30-13-21(31-23)12-29-20-8-6-19(7-9-20)28-16-25-26-22(28)32/h2-11,15-16,21H,12-14H2,1H3,(H,26,32). The average molecular weight is 450 g/mol. The summed E-state index contributed by atoms with van der Waals surface area (Å²) in [6.45, 7) is 3.38. The van der Waals surface area contributed by atoms with E-state index in [1.807, 2.05) is 35.0 Å². The van der Waals surface area contributed by atoms with Crippen molar-refractivity contribution in [2.45, 2.75) is 25.4 Å². The molecule has 0 radical (unpaired) electrons. The second-order valence-corrected chi connectivity index (χ2v) is 8.13. The lowest BCUT2D eigenvalue weighted by atomic mass is 10.0. The van der Waals surface area contributed by atoms with Gasteiger partial charge in [0, 0.05) is 23.6 Å². The summed E-state index contributed by atoms with van der Waals surface area (Å²) < 4.78 is 23.0. The van der Waals surface area contributed by atoms with Crippen LogP contribution in [0.15, 0.2) is 73.6 Å². The molecule has 0 spiro atoms. The molecule has 5 rings (SSSR count). The highest BCUT2D eigenvalue weighted by atomic mass is 32.1. The molecule has 8 nitrogen and oxygen atoms in total. The van der Waals surface area contributed by atoms with Gasteiger partial charge in [-0.05, 0) is 43.4 Å². The van der Waals surface area contributed by atoms with Gasteiger partial charge in [-0.1, -0.05) is 29.8 Å². The first-order valence-corrected chi connectivity index (χ1v) is 10.7. The maximum absolute atomic E-state index is 6.44. The summed E-state index contributed by atoms with van der Waals surface area (Å²) in [6.07, 6.45) is 6.86. The highest BCUT2D eigenvalue weighted by molar-refractivity contribution is 7.71. The Morgan fingerprint density at radius 1 is 1.16 bits per heavy atom. The van der Waals surface area contributed by atoms with Gasteiger partial charge in [0.05, 0.1) is 19.5 Å². The Hall–Kier alpha value is -3.27. The molecule has 2 aromatic carbocycles. The van der Waals surface area contributed by atoms with Crippen LogP contribution in [-0.4, -0.2) is 43.6 Å². The van der Waals surface area contributed by atoms with Crippen molar-refractivity contribution < 1.29 is 14.2 Å². The van der Waals surface area contributed by atoms with E-state index in [9.17, 15) is 0 Å². The van der Waals surface area contributed by atoms with Gasteiger partial charge in [-0.3, -0.25) is 9.67 Å². The molecule has 1 N–H and O–H groups in total. The Morgan fingerprint density at radius 3 is 2.66 bits per heavy atom. The van der Waals surface area contributed by atoms with E-state index in [-0.39, 0.29) is 6.10 Å². The van der Waals surface area contributed by atoms with Gasteiger partial charge in [-0.2, -0.15) is 5.10 Å². The van der Waals surface area contributed by atoms with Crippen LogP contribution >= 0.6 is 12.2 Å². The molecule has 2 atom stereocenters. The van der Waals surface area contributed by atoms with Crippen LogP contribution < -0.4 is 4.74 Å². The SMILES string of the molecule is Cc1ccc(C2(Cn3ccnc3)OCC(COc3ccc(-n4cn[nH]c4=S)cc3)O2)cc1. The minimum absolute atomic E-state index is 0.206. The Labute approximate surface area is 190 Å². The van der Waals surface area contributed by atoms with Crippen molar-refractivity contribution in [2.24, 2.45) is 0 Å². The Kier molecular flexibility index (Phi) is 5.60. The molecule has 9 heteroatoms. The molecule has 0 amide bonds. The Bertz CT molecular complexity index is 1220. The minimum atomic E-state index is -0.885. The molecule has 2 unspecified atom stereocenters. The fourth-order valence-corrected chi connectivity index (χ4v) is 3.93. The van der Waals surface area contributed by atoms with Crippen LogP contribution in [0.4, 0.5) is 0 Å². The summed E-state index contributed by atoms with van der Waals surface area (Å²) in [4.78, 5) is 4.14. The molecule has 1 fully saturated rings. The number of aryl methyl sites for hydroxylation is 1. The second-order valence-electron chi connectivity index (χ2n) is 7.74. The first-order valence-electron chi connectivity index (χ1n) is 10.3. The van der Waals surface area contributed by atoms with E-state index in [0.29, 0.717) is 24.5 Å². The van der Waals surface area contributed by atoms with Gasteiger partial charge in [0.2, 0.25) is 5.79 Å². The number of nitrogens with zero attached hydrogens (tertiary/aromatic N) is 4. The van der Waals surface area contributed by atoms with E-state index in [1.54, 1.807) is 23.4 Å². The molecule has 0 saturated carbocycles. The average Bonchev–Trinajstić information content (AvgIpc) is 3.56. The van der Waals surface area contributed by atoms with Crippen molar-refractivity contribution in [1.82, 2.24) is 24.3 Å². The molecule has 3 heterocycles. The van der Waals surface area contributed by atoms with Crippen LogP contribution in [0, 0.1) is 11.7 Å². The van der Waals surface area contributed by atoms with Gasteiger partial charge in [0.25, 0.3) is 0 Å². The molecular formula is C23H23N5O3S. The largest absolute Gasteiger partial charge is 0.491 e. The minimum Gasteiger partial charge on any atom is -0.491 e. The van der Waals surface area contributed by atoms with Crippen molar-refractivity contribution in [3.8, 4) is 11.4 Å². The number of hydrogen-bond acceptors (Lipinski definition) is 6. The third-order valence-corrected chi connectivity index (χ3v) is 5.69. The van der Waals surface area contributed by atoms with Crippen LogP contribution in [-0.2, 0) is 21.8 Å². The van der Waals surface area contributed by atoms with Gasteiger partial charge in [0.15, 0.2) is 4.77 Å². The number of aromatic amines is 1. The van der Waals surface area contributed by atoms with Crippen LogP contribution in [0.25, 0.3) is 5.69 Å². The summed E-state index contributed by atoms with van der Waals surface area (Å²) in [5, 5.41) is 6.69. The second kappa shape index (κ2) is 8.70. The summed E-state index contributed by atoms with van der Waals surface area (Å²) in [7, 11) is 0. The maximum atomic E-state index is 6.44. The Balaban J connectivity index is 1.28. The van der Waals surface area contributed by atoms with Crippen molar-refractivity contribution in [3.05, 3.63) is 89.5 Å². The van der Waals surface area contributed by atoms with E-state index in [0.717, 1.165) is 17.0 Å². The highest BCUT2D eigenvalue weighted by Crippen LogP contribution is 2.36. The highest BCUT2D eigenvalue weighted by Gasteiger charge is 2.44. The van der Waals surface area contributed by atoms with Gasteiger partial charge >= 0.3 is 0 Å². The fourth-order valence-electron chi connectivity index (χ4n) is 3.72. The lowest BCUT2D eigenvalue weighted by Crippen LogP contribution is -2.34.